The average Bonchev–Trinajstić information content (AvgIpc) is 3.11. The summed E-state index contributed by atoms with van der Waals surface area (Å²) in [7, 11) is 3.22. The number of hydrogen-bond acceptors (Lipinski definition) is 6. The Kier molecular flexibility index (Phi) is 6.95. The molecule has 7 heteroatoms. The molecule has 0 saturated heterocycles. The van der Waals surface area contributed by atoms with Gasteiger partial charge in [0.1, 0.15) is 21.7 Å². The van der Waals surface area contributed by atoms with E-state index < -0.39 is 0 Å². The van der Waals surface area contributed by atoms with Crippen molar-refractivity contribution in [2.75, 3.05) is 25.3 Å². The lowest BCUT2D eigenvalue weighted by atomic mass is 10.2. The highest BCUT2D eigenvalue weighted by atomic mass is 32.2. The molecule has 2 aromatic carbocycles. The Morgan fingerprint density at radius 3 is 2.59 bits per heavy atom. The van der Waals surface area contributed by atoms with Crippen LogP contribution in [0.15, 0.2) is 42.5 Å². The van der Waals surface area contributed by atoms with Crippen LogP contribution in [-0.2, 0) is 10.5 Å². The summed E-state index contributed by atoms with van der Waals surface area (Å²) in [6.45, 7) is 0. The van der Waals surface area contributed by atoms with Crippen LogP contribution in [0.25, 0.3) is 10.2 Å². The molecule has 0 atom stereocenters. The van der Waals surface area contributed by atoms with E-state index in [-0.39, 0.29) is 5.91 Å². The lowest BCUT2D eigenvalue weighted by Gasteiger charge is -2.03. The minimum atomic E-state index is -0.0210. The Hall–Kier alpha value is -2.25. The van der Waals surface area contributed by atoms with Crippen molar-refractivity contribution in [1.82, 2.24) is 4.98 Å². The minimum absolute atomic E-state index is 0.0210. The molecule has 142 valence electrons. The summed E-state index contributed by atoms with van der Waals surface area (Å²) in [5, 5.41) is 3.46. The first-order chi connectivity index (χ1) is 13.2. The van der Waals surface area contributed by atoms with Gasteiger partial charge in [-0.25, -0.2) is 4.98 Å². The molecule has 3 aromatic rings. The molecule has 1 heterocycles. The van der Waals surface area contributed by atoms with Gasteiger partial charge in [-0.3, -0.25) is 4.79 Å². The van der Waals surface area contributed by atoms with Gasteiger partial charge < -0.3 is 14.8 Å². The minimum Gasteiger partial charge on any atom is -0.495 e. The van der Waals surface area contributed by atoms with Crippen LogP contribution in [0, 0.1) is 0 Å². The number of nitrogens with zero attached hydrogens (tertiary/aromatic N) is 1. The van der Waals surface area contributed by atoms with Gasteiger partial charge in [0.15, 0.2) is 5.13 Å². The Balaban J connectivity index is 1.50. The Bertz CT molecular complexity index is 856. The number of methoxy groups -OCH3 is 2. The Morgan fingerprint density at radius 1 is 1.11 bits per heavy atom. The highest BCUT2D eigenvalue weighted by Crippen LogP contribution is 2.38. The van der Waals surface area contributed by atoms with Crippen LogP contribution >= 0.6 is 23.1 Å². The molecule has 0 aliphatic rings. The molecule has 0 fully saturated rings. The molecule has 0 bridgehead atoms. The maximum atomic E-state index is 12.2. The van der Waals surface area contributed by atoms with Crippen molar-refractivity contribution in [3.63, 3.8) is 0 Å². The van der Waals surface area contributed by atoms with E-state index in [0.717, 1.165) is 28.4 Å². The molecule has 3 rings (SSSR count). The lowest BCUT2D eigenvalue weighted by molar-refractivity contribution is -0.116. The van der Waals surface area contributed by atoms with Crippen LogP contribution < -0.4 is 14.8 Å². The van der Waals surface area contributed by atoms with Crippen LogP contribution in [0.2, 0.25) is 0 Å². The quantitative estimate of drug-likeness (QED) is 0.512. The van der Waals surface area contributed by atoms with Crippen molar-refractivity contribution < 1.29 is 14.3 Å². The molecule has 0 aliphatic carbocycles. The molecular formula is C20H22N2O3S2. The van der Waals surface area contributed by atoms with Gasteiger partial charge in [0.25, 0.3) is 0 Å². The number of carbonyl (C=O) groups is 1. The van der Waals surface area contributed by atoms with Crippen LogP contribution in [0.4, 0.5) is 5.13 Å². The monoisotopic (exact) mass is 402 g/mol. The summed E-state index contributed by atoms with van der Waals surface area (Å²) in [6, 6.07) is 14.0. The second-order valence-electron chi connectivity index (χ2n) is 5.86. The number of amides is 1. The van der Waals surface area contributed by atoms with Gasteiger partial charge >= 0.3 is 0 Å². The molecule has 0 saturated carbocycles. The second-order valence-corrected chi connectivity index (χ2v) is 7.96. The summed E-state index contributed by atoms with van der Waals surface area (Å²) >= 11 is 3.24. The van der Waals surface area contributed by atoms with E-state index >= 15 is 0 Å². The van der Waals surface area contributed by atoms with E-state index in [1.807, 2.05) is 42.1 Å². The molecular weight excluding hydrogens is 380 g/mol. The number of fused-ring (bicyclic) bond motifs is 1. The van der Waals surface area contributed by atoms with Gasteiger partial charge in [-0.05, 0) is 29.9 Å². The van der Waals surface area contributed by atoms with Crippen molar-refractivity contribution in [3.8, 4) is 11.5 Å². The molecule has 1 N–H and O–H groups in total. The zero-order valence-corrected chi connectivity index (χ0v) is 17.0. The van der Waals surface area contributed by atoms with Gasteiger partial charge in [0, 0.05) is 12.2 Å². The van der Waals surface area contributed by atoms with Crippen LogP contribution in [0.3, 0.4) is 0 Å². The first kappa shape index (κ1) is 19.5. The predicted octanol–water partition coefficient (Wildman–Crippen LogP) is 4.97. The number of carbonyl (C=O) groups excluding carboxylic acids is 1. The van der Waals surface area contributed by atoms with Crippen LogP contribution in [-0.4, -0.2) is 30.9 Å². The smallest absolute Gasteiger partial charge is 0.226 e. The number of anilines is 1. The molecule has 5 nitrogen and oxygen atoms in total. The summed E-state index contributed by atoms with van der Waals surface area (Å²) < 4.78 is 11.6. The topological polar surface area (TPSA) is 60.5 Å². The SMILES string of the molecule is COc1ccc(OC)c2sc(NC(=O)CCCSCc3ccccc3)nc12. The van der Waals surface area contributed by atoms with Crippen molar-refractivity contribution in [2.24, 2.45) is 0 Å². The van der Waals surface area contributed by atoms with E-state index in [1.165, 1.54) is 16.9 Å². The number of thioether (sulfide) groups is 1. The fourth-order valence-electron chi connectivity index (χ4n) is 2.62. The Morgan fingerprint density at radius 2 is 1.85 bits per heavy atom. The van der Waals surface area contributed by atoms with E-state index in [4.69, 9.17) is 9.47 Å². The van der Waals surface area contributed by atoms with Crippen molar-refractivity contribution in [1.29, 1.82) is 0 Å². The van der Waals surface area contributed by atoms with Crippen LogP contribution in [0.1, 0.15) is 18.4 Å². The molecule has 0 spiro atoms. The molecule has 0 unspecified atom stereocenters. The van der Waals surface area contributed by atoms with Gasteiger partial charge in [0.05, 0.1) is 14.2 Å². The number of thiazole rings is 1. The van der Waals surface area contributed by atoms with E-state index in [0.29, 0.717) is 22.8 Å². The largest absolute Gasteiger partial charge is 0.495 e. The van der Waals surface area contributed by atoms with Gasteiger partial charge in [-0.15, -0.1) is 0 Å². The van der Waals surface area contributed by atoms with Gasteiger partial charge in [-0.1, -0.05) is 41.7 Å². The normalized spacial score (nSPS) is 10.7. The standard InChI is InChI=1S/C20H22N2O3S2/c1-24-15-10-11-16(25-2)19-18(15)22-20(27-19)21-17(23)9-6-12-26-13-14-7-4-3-5-8-14/h3-5,7-8,10-11H,6,9,12-13H2,1-2H3,(H,21,22,23). The molecule has 0 aliphatic heterocycles. The fourth-order valence-corrected chi connectivity index (χ4v) is 4.53. The number of nitrogens with one attached hydrogen (secondary N) is 1. The van der Waals surface area contributed by atoms with E-state index in [9.17, 15) is 4.79 Å². The number of ether oxygens (including phenoxy) is 2. The highest BCUT2D eigenvalue weighted by Gasteiger charge is 2.15. The third-order valence-electron chi connectivity index (χ3n) is 3.96. The fraction of sp³-hybridized carbons (Fsp3) is 0.300. The van der Waals surface area contributed by atoms with Crippen molar-refractivity contribution in [3.05, 3.63) is 48.0 Å². The zero-order valence-electron chi connectivity index (χ0n) is 15.4. The first-order valence-corrected chi connectivity index (χ1v) is 10.6. The third-order valence-corrected chi connectivity index (χ3v) is 6.06. The number of benzene rings is 2. The Labute approximate surface area is 167 Å². The summed E-state index contributed by atoms with van der Waals surface area (Å²) in [5.41, 5.74) is 2.01. The predicted molar refractivity (Wildman–Crippen MR) is 113 cm³/mol. The summed E-state index contributed by atoms with van der Waals surface area (Å²) in [5.74, 6) is 3.29. The molecule has 1 amide bonds. The lowest BCUT2D eigenvalue weighted by Crippen LogP contribution is -2.11. The molecule has 1 aromatic heterocycles. The summed E-state index contributed by atoms with van der Waals surface area (Å²) in [4.78, 5) is 16.7. The number of aromatic nitrogens is 1. The van der Waals surface area contributed by atoms with Gasteiger partial charge in [-0.2, -0.15) is 11.8 Å². The zero-order chi connectivity index (χ0) is 19.1. The van der Waals surface area contributed by atoms with E-state index in [1.54, 1.807) is 14.2 Å². The highest BCUT2D eigenvalue weighted by molar-refractivity contribution is 7.98. The maximum Gasteiger partial charge on any atom is 0.226 e. The van der Waals surface area contributed by atoms with Crippen LogP contribution in [0.5, 0.6) is 11.5 Å². The maximum absolute atomic E-state index is 12.2. The molecule has 0 radical (unpaired) electrons. The van der Waals surface area contributed by atoms with Gasteiger partial charge in [0.2, 0.25) is 5.91 Å². The third kappa shape index (κ3) is 5.14. The number of rotatable bonds is 9. The second kappa shape index (κ2) is 9.62. The van der Waals surface area contributed by atoms with Crippen molar-refractivity contribution in [2.45, 2.75) is 18.6 Å². The molecule has 27 heavy (non-hydrogen) atoms. The first-order valence-electron chi connectivity index (χ1n) is 8.64. The summed E-state index contributed by atoms with van der Waals surface area (Å²) in [6.07, 6.45) is 1.31. The van der Waals surface area contributed by atoms with Crippen molar-refractivity contribution >= 4 is 44.4 Å². The number of hydrogen-bond donors (Lipinski definition) is 1. The average molecular weight is 403 g/mol. The van der Waals surface area contributed by atoms with E-state index in [2.05, 4.69) is 22.4 Å².